The molecule has 0 spiro atoms. The van der Waals surface area contributed by atoms with Crippen LogP contribution in [0.25, 0.3) is 11.0 Å². The molecule has 1 N–H and O–H groups in total. The van der Waals surface area contributed by atoms with Crippen molar-refractivity contribution in [2.24, 2.45) is 0 Å². The van der Waals surface area contributed by atoms with Gasteiger partial charge >= 0.3 is 0 Å². The Morgan fingerprint density at radius 2 is 1.94 bits per heavy atom. The number of carbonyl (C=O) groups excluding carboxylic acids is 1. The van der Waals surface area contributed by atoms with Gasteiger partial charge in [-0.05, 0) is 24.5 Å². The smallest absolute Gasteiger partial charge is 0.264 e. The van der Waals surface area contributed by atoms with Gasteiger partial charge in [-0.2, -0.15) is 5.10 Å². The van der Waals surface area contributed by atoms with E-state index in [1.165, 1.54) is 34.9 Å². The second-order valence-corrected chi connectivity index (χ2v) is 7.68. The quantitative estimate of drug-likeness (QED) is 0.450. The van der Waals surface area contributed by atoms with Gasteiger partial charge in [-0.1, -0.05) is 30.3 Å². The summed E-state index contributed by atoms with van der Waals surface area (Å²) in [6.07, 6.45) is 4.77. The van der Waals surface area contributed by atoms with Crippen molar-refractivity contribution < 1.29 is 9.18 Å². The van der Waals surface area contributed by atoms with Crippen LogP contribution >= 0.6 is 11.8 Å². The van der Waals surface area contributed by atoms with Gasteiger partial charge in [0.15, 0.2) is 5.65 Å². The van der Waals surface area contributed by atoms with Crippen molar-refractivity contribution in [2.75, 3.05) is 12.8 Å². The largest absolute Gasteiger partial charge is 0.350 e. The van der Waals surface area contributed by atoms with Crippen LogP contribution in [-0.4, -0.2) is 38.0 Å². The summed E-state index contributed by atoms with van der Waals surface area (Å²) in [6, 6.07) is 13.7. The van der Waals surface area contributed by atoms with Crippen LogP contribution in [0.1, 0.15) is 15.9 Å². The minimum Gasteiger partial charge on any atom is -0.350 e. The van der Waals surface area contributed by atoms with E-state index in [-0.39, 0.29) is 23.8 Å². The highest BCUT2D eigenvalue weighted by Crippen LogP contribution is 2.19. The summed E-state index contributed by atoms with van der Waals surface area (Å²) >= 11 is 1.51. The van der Waals surface area contributed by atoms with Crippen LogP contribution in [0.2, 0.25) is 0 Å². The van der Waals surface area contributed by atoms with E-state index in [9.17, 15) is 14.0 Å². The molecule has 4 aromatic rings. The molecule has 2 aromatic carbocycles. The zero-order valence-corrected chi connectivity index (χ0v) is 17.6. The number of benzene rings is 2. The van der Waals surface area contributed by atoms with Crippen molar-refractivity contribution in [3.05, 3.63) is 88.4 Å². The molecule has 0 atom stereocenters. The number of rotatable bonds is 7. The summed E-state index contributed by atoms with van der Waals surface area (Å²) in [6.45, 7) is 0.781. The average molecular weight is 438 g/mol. The number of carbonyl (C=O) groups is 1. The summed E-state index contributed by atoms with van der Waals surface area (Å²) in [5.74, 6) is -0.536. The molecule has 4 rings (SSSR count). The molecule has 7 nitrogen and oxygen atoms in total. The number of hydrogen-bond donors (Lipinski definition) is 1. The molecule has 31 heavy (non-hydrogen) atoms. The normalized spacial score (nSPS) is 11.0. The Hall–Kier alpha value is -3.46. The predicted octanol–water partition coefficient (Wildman–Crippen LogP) is 2.93. The first-order valence-electron chi connectivity index (χ1n) is 9.64. The highest BCUT2D eigenvalue weighted by Gasteiger charge is 2.13. The molecule has 2 heterocycles. The summed E-state index contributed by atoms with van der Waals surface area (Å²) < 4.78 is 16.8. The molecule has 0 bridgehead atoms. The molecule has 0 fully saturated rings. The van der Waals surface area contributed by atoms with E-state index >= 15 is 0 Å². The lowest BCUT2D eigenvalue weighted by atomic mass is 10.2. The van der Waals surface area contributed by atoms with E-state index in [2.05, 4.69) is 15.4 Å². The third kappa shape index (κ3) is 4.36. The minimum absolute atomic E-state index is 0.0878. The molecular formula is C22H20FN5O2S. The number of nitrogens with zero attached hydrogens (tertiary/aromatic N) is 4. The zero-order chi connectivity index (χ0) is 21.8. The van der Waals surface area contributed by atoms with Crippen LogP contribution in [0.15, 0.2) is 70.7 Å². The molecule has 0 unspecified atom stereocenters. The predicted molar refractivity (Wildman–Crippen MR) is 118 cm³/mol. The minimum atomic E-state index is -0.371. The Morgan fingerprint density at radius 1 is 1.16 bits per heavy atom. The molecular weight excluding hydrogens is 417 g/mol. The van der Waals surface area contributed by atoms with Gasteiger partial charge in [-0.3, -0.25) is 14.2 Å². The molecule has 0 radical (unpaired) electrons. The molecule has 0 saturated heterocycles. The lowest BCUT2D eigenvalue weighted by molar-refractivity contribution is 0.0949. The lowest BCUT2D eigenvalue weighted by Crippen LogP contribution is -2.28. The van der Waals surface area contributed by atoms with Crippen molar-refractivity contribution >= 4 is 28.7 Å². The van der Waals surface area contributed by atoms with E-state index in [4.69, 9.17) is 0 Å². The molecule has 0 aliphatic heterocycles. The average Bonchev–Trinajstić information content (AvgIpc) is 3.20. The second kappa shape index (κ2) is 9.13. The lowest BCUT2D eigenvalue weighted by Gasteiger charge is -2.09. The summed E-state index contributed by atoms with van der Waals surface area (Å²) in [4.78, 5) is 30.5. The van der Waals surface area contributed by atoms with Crippen molar-refractivity contribution in [2.45, 2.75) is 18.0 Å². The summed E-state index contributed by atoms with van der Waals surface area (Å²) in [7, 11) is 0. The first kappa shape index (κ1) is 20.8. The fourth-order valence-electron chi connectivity index (χ4n) is 3.29. The van der Waals surface area contributed by atoms with Gasteiger partial charge in [-0.25, -0.2) is 14.1 Å². The van der Waals surface area contributed by atoms with Crippen molar-refractivity contribution in [1.82, 2.24) is 24.6 Å². The van der Waals surface area contributed by atoms with E-state index < -0.39 is 0 Å². The highest BCUT2D eigenvalue weighted by molar-refractivity contribution is 7.98. The Kier molecular flexibility index (Phi) is 6.13. The highest BCUT2D eigenvalue weighted by atomic mass is 32.2. The number of aromatic nitrogens is 4. The molecule has 0 aliphatic rings. The van der Waals surface area contributed by atoms with Gasteiger partial charge in [0.05, 0.1) is 24.8 Å². The van der Waals surface area contributed by atoms with Crippen LogP contribution in [0.4, 0.5) is 4.39 Å². The third-order valence-corrected chi connectivity index (χ3v) is 5.68. The molecule has 0 aliphatic carbocycles. The fraction of sp³-hybridized carbons (Fsp3) is 0.182. The zero-order valence-electron chi connectivity index (χ0n) is 16.8. The SMILES string of the molecule is CSc1ccccc1C(=O)NCCn1ncc2c(=O)n(Cc3ccccc3F)cnc21. The third-order valence-electron chi connectivity index (χ3n) is 4.88. The standard InChI is InChI=1S/C22H20FN5O2S/c1-31-19-9-5-3-7-16(19)21(29)24-10-11-28-20-17(12-26-28)22(30)27(14-25-20)13-15-6-2-4-8-18(15)23/h2-9,12,14H,10-11,13H2,1H3,(H,24,29). The maximum Gasteiger partial charge on any atom is 0.264 e. The van der Waals surface area contributed by atoms with E-state index in [1.54, 1.807) is 28.9 Å². The van der Waals surface area contributed by atoms with Crippen LogP contribution in [0, 0.1) is 5.82 Å². The van der Waals surface area contributed by atoms with Crippen molar-refractivity contribution in [3.8, 4) is 0 Å². The molecule has 2 aromatic heterocycles. The maximum atomic E-state index is 13.9. The van der Waals surface area contributed by atoms with Crippen molar-refractivity contribution in [3.63, 3.8) is 0 Å². The first-order chi connectivity index (χ1) is 15.1. The Labute approximate surface area is 181 Å². The van der Waals surface area contributed by atoms with Gasteiger partial charge < -0.3 is 5.32 Å². The Morgan fingerprint density at radius 3 is 2.74 bits per heavy atom. The molecule has 158 valence electrons. The first-order valence-corrected chi connectivity index (χ1v) is 10.9. The van der Waals surface area contributed by atoms with Crippen LogP contribution in [0.3, 0.4) is 0 Å². The van der Waals surface area contributed by atoms with E-state index in [1.807, 2.05) is 24.5 Å². The van der Waals surface area contributed by atoms with Crippen LogP contribution in [-0.2, 0) is 13.1 Å². The van der Waals surface area contributed by atoms with E-state index in [0.717, 1.165) is 4.90 Å². The van der Waals surface area contributed by atoms with E-state index in [0.29, 0.717) is 35.2 Å². The monoisotopic (exact) mass is 437 g/mol. The van der Waals surface area contributed by atoms with Gasteiger partial charge in [0, 0.05) is 17.0 Å². The molecule has 9 heteroatoms. The van der Waals surface area contributed by atoms with Crippen LogP contribution in [0.5, 0.6) is 0 Å². The van der Waals surface area contributed by atoms with Gasteiger partial charge in [0.1, 0.15) is 17.5 Å². The summed E-state index contributed by atoms with van der Waals surface area (Å²) in [5.41, 5.74) is 1.16. The topological polar surface area (TPSA) is 81.8 Å². The number of halogens is 1. The van der Waals surface area contributed by atoms with Gasteiger partial charge in [0.2, 0.25) is 0 Å². The van der Waals surface area contributed by atoms with Crippen LogP contribution < -0.4 is 10.9 Å². The molecule has 0 saturated carbocycles. The number of fused-ring (bicyclic) bond motifs is 1. The Bertz CT molecular complexity index is 1300. The number of amides is 1. The Balaban J connectivity index is 1.47. The van der Waals surface area contributed by atoms with Gasteiger partial charge in [0.25, 0.3) is 11.5 Å². The number of thioether (sulfide) groups is 1. The fourth-order valence-corrected chi connectivity index (χ4v) is 3.88. The second-order valence-electron chi connectivity index (χ2n) is 6.83. The molecule has 1 amide bonds. The number of hydrogen-bond acceptors (Lipinski definition) is 5. The number of nitrogens with one attached hydrogen (secondary N) is 1. The maximum absolute atomic E-state index is 13.9. The van der Waals surface area contributed by atoms with Gasteiger partial charge in [-0.15, -0.1) is 11.8 Å². The summed E-state index contributed by atoms with van der Waals surface area (Å²) in [5, 5.41) is 7.46. The van der Waals surface area contributed by atoms with Crippen molar-refractivity contribution in [1.29, 1.82) is 0 Å².